The molecular weight excluding hydrogens is 188 g/mol. The Morgan fingerprint density at radius 1 is 1.60 bits per heavy atom. The van der Waals surface area contributed by atoms with Gasteiger partial charge < -0.3 is 5.32 Å². The lowest BCUT2D eigenvalue weighted by atomic mass is 9.96. The summed E-state index contributed by atoms with van der Waals surface area (Å²) in [6, 6.07) is 1.99. The Kier molecular flexibility index (Phi) is 2.81. The number of hydrogen-bond donors (Lipinski definition) is 1. The number of fused-ring (bicyclic) bond motifs is 1. The van der Waals surface area contributed by atoms with Crippen LogP contribution >= 0.6 is 0 Å². The molecule has 0 aromatic carbocycles. The van der Waals surface area contributed by atoms with Gasteiger partial charge in [-0.05, 0) is 31.4 Å². The molecule has 3 nitrogen and oxygen atoms in total. The zero-order valence-electron chi connectivity index (χ0n) is 8.79. The zero-order valence-corrected chi connectivity index (χ0v) is 8.79. The van der Waals surface area contributed by atoms with Gasteiger partial charge in [-0.3, -0.25) is 9.78 Å². The Hall–Kier alpha value is -1.64. The minimum atomic E-state index is -0.0825. The summed E-state index contributed by atoms with van der Waals surface area (Å²) >= 11 is 0. The summed E-state index contributed by atoms with van der Waals surface area (Å²) < 4.78 is 0. The Morgan fingerprint density at radius 2 is 2.47 bits per heavy atom. The molecule has 1 heterocycles. The topological polar surface area (TPSA) is 42.0 Å². The molecule has 1 N–H and O–H groups in total. The molecule has 0 radical (unpaired) electrons. The van der Waals surface area contributed by atoms with Gasteiger partial charge in [0.1, 0.15) is 5.69 Å². The first kappa shape index (κ1) is 9.90. The maximum Gasteiger partial charge on any atom is 0.270 e. The molecule has 0 aliphatic heterocycles. The quantitative estimate of drug-likeness (QED) is 0.794. The molecule has 78 valence electrons. The van der Waals surface area contributed by atoms with E-state index < -0.39 is 0 Å². The lowest BCUT2D eigenvalue weighted by Crippen LogP contribution is -2.25. The van der Waals surface area contributed by atoms with E-state index in [9.17, 15) is 4.79 Å². The number of hydrogen-bond acceptors (Lipinski definition) is 2. The van der Waals surface area contributed by atoms with E-state index in [1.807, 2.05) is 19.1 Å². The van der Waals surface area contributed by atoms with Crippen molar-refractivity contribution in [1.29, 1.82) is 0 Å². The first-order valence-electron chi connectivity index (χ1n) is 5.25. The molecule has 15 heavy (non-hydrogen) atoms. The highest BCUT2D eigenvalue weighted by molar-refractivity contribution is 5.96. The van der Waals surface area contributed by atoms with Crippen molar-refractivity contribution in [3.63, 3.8) is 0 Å². The predicted octanol–water partition coefficient (Wildman–Crippen LogP) is 1.79. The van der Waals surface area contributed by atoms with Crippen LogP contribution < -0.4 is 5.32 Å². The van der Waals surface area contributed by atoms with Crippen LogP contribution in [0.25, 0.3) is 6.08 Å². The summed E-state index contributed by atoms with van der Waals surface area (Å²) in [4.78, 5) is 15.9. The number of aryl methyl sites for hydroxylation is 1. The maximum atomic E-state index is 11.7. The Balaban J connectivity index is 2.40. The average Bonchev–Trinajstić information content (AvgIpc) is 2.28. The third kappa shape index (κ3) is 1.91. The highest BCUT2D eigenvalue weighted by Gasteiger charge is 2.15. The Morgan fingerprint density at radius 3 is 3.27 bits per heavy atom. The van der Waals surface area contributed by atoms with Crippen molar-refractivity contribution >= 4 is 12.0 Å². The van der Waals surface area contributed by atoms with Crippen LogP contribution in [0, 0.1) is 0 Å². The molecule has 0 saturated carbocycles. The summed E-state index contributed by atoms with van der Waals surface area (Å²) in [5, 5.41) is 2.78. The second-order valence-corrected chi connectivity index (χ2v) is 3.53. The second kappa shape index (κ2) is 4.26. The van der Waals surface area contributed by atoms with Gasteiger partial charge in [-0.25, -0.2) is 0 Å². The summed E-state index contributed by atoms with van der Waals surface area (Å²) in [5.74, 6) is -0.0825. The van der Waals surface area contributed by atoms with Crippen molar-refractivity contribution in [1.82, 2.24) is 10.3 Å². The summed E-state index contributed by atoms with van der Waals surface area (Å²) in [5.41, 5.74) is 2.74. The van der Waals surface area contributed by atoms with Gasteiger partial charge in [-0.1, -0.05) is 12.2 Å². The van der Waals surface area contributed by atoms with E-state index in [0.29, 0.717) is 12.2 Å². The van der Waals surface area contributed by atoms with E-state index in [0.717, 1.165) is 18.4 Å². The van der Waals surface area contributed by atoms with E-state index in [4.69, 9.17) is 0 Å². The van der Waals surface area contributed by atoms with Gasteiger partial charge in [0, 0.05) is 18.3 Å². The molecule has 0 fully saturated rings. The zero-order chi connectivity index (χ0) is 10.7. The lowest BCUT2D eigenvalue weighted by Gasteiger charge is -2.13. The fourth-order valence-electron chi connectivity index (χ4n) is 1.78. The number of carbonyl (C=O) groups is 1. The Labute approximate surface area is 89.2 Å². The van der Waals surface area contributed by atoms with Crippen LogP contribution in [-0.2, 0) is 6.42 Å². The van der Waals surface area contributed by atoms with Crippen LogP contribution in [0.1, 0.15) is 35.0 Å². The van der Waals surface area contributed by atoms with Crippen molar-refractivity contribution < 1.29 is 4.79 Å². The molecule has 1 aliphatic rings. The molecule has 0 spiro atoms. The number of allylic oxidation sites excluding steroid dienone is 1. The number of nitrogens with one attached hydrogen (secondary N) is 1. The molecule has 3 heteroatoms. The molecule has 1 aromatic heterocycles. The number of rotatable bonds is 2. The summed E-state index contributed by atoms with van der Waals surface area (Å²) in [6.07, 6.45) is 7.85. The smallest absolute Gasteiger partial charge is 0.270 e. The highest BCUT2D eigenvalue weighted by atomic mass is 16.1. The Bertz CT molecular complexity index is 410. The van der Waals surface area contributed by atoms with Gasteiger partial charge in [-0.2, -0.15) is 0 Å². The number of amides is 1. The molecule has 1 aliphatic carbocycles. The van der Waals surface area contributed by atoms with Crippen LogP contribution in [-0.4, -0.2) is 17.4 Å². The first-order valence-corrected chi connectivity index (χ1v) is 5.25. The largest absolute Gasteiger partial charge is 0.351 e. The fraction of sp³-hybridized carbons (Fsp3) is 0.333. The molecule has 2 rings (SSSR count). The molecule has 0 unspecified atom stereocenters. The molecule has 0 atom stereocenters. The molecule has 1 aromatic rings. The monoisotopic (exact) mass is 202 g/mol. The van der Waals surface area contributed by atoms with Crippen LogP contribution in [0.3, 0.4) is 0 Å². The minimum Gasteiger partial charge on any atom is -0.351 e. The van der Waals surface area contributed by atoms with Gasteiger partial charge in [0.25, 0.3) is 5.91 Å². The summed E-state index contributed by atoms with van der Waals surface area (Å²) in [7, 11) is 0. The molecule has 0 saturated heterocycles. The lowest BCUT2D eigenvalue weighted by molar-refractivity contribution is 0.0950. The van der Waals surface area contributed by atoms with E-state index in [1.165, 1.54) is 5.56 Å². The van der Waals surface area contributed by atoms with Crippen molar-refractivity contribution in [2.75, 3.05) is 6.54 Å². The normalized spacial score (nSPS) is 13.4. The number of nitrogens with zero attached hydrogens (tertiary/aromatic N) is 1. The minimum absolute atomic E-state index is 0.0825. The van der Waals surface area contributed by atoms with Crippen molar-refractivity contribution in [2.24, 2.45) is 0 Å². The van der Waals surface area contributed by atoms with Crippen molar-refractivity contribution in [3.8, 4) is 0 Å². The SMILES string of the molecule is CCNC(=O)c1nccc2c1C=CCC2. The van der Waals surface area contributed by atoms with Crippen LogP contribution in [0.15, 0.2) is 18.3 Å². The molecule has 1 amide bonds. The fourth-order valence-corrected chi connectivity index (χ4v) is 1.78. The van der Waals surface area contributed by atoms with E-state index in [-0.39, 0.29) is 5.91 Å². The number of carbonyl (C=O) groups excluding carboxylic acids is 1. The molecule has 0 bridgehead atoms. The number of pyridine rings is 1. The highest BCUT2D eigenvalue weighted by Crippen LogP contribution is 2.20. The van der Waals surface area contributed by atoms with Gasteiger partial charge in [0.2, 0.25) is 0 Å². The third-order valence-electron chi connectivity index (χ3n) is 2.50. The molecular formula is C12H14N2O. The summed E-state index contributed by atoms with van der Waals surface area (Å²) in [6.45, 7) is 2.54. The van der Waals surface area contributed by atoms with E-state index in [1.54, 1.807) is 6.20 Å². The van der Waals surface area contributed by atoms with E-state index >= 15 is 0 Å². The first-order chi connectivity index (χ1) is 7.33. The van der Waals surface area contributed by atoms with Gasteiger partial charge in [0.15, 0.2) is 0 Å². The third-order valence-corrected chi connectivity index (χ3v) is 2.50. The van der Waals surface area contributed by atoms with Crippen LogP contribution in [0.5, 0.6) is 0 Å². The van der Waals surface area contributed by atoms with Crippen molar-refractivity contribution in [2.45, 2.75) is 19.8 Å². The van der Waals surface area contributed by atoms with Crippen molar-refractivity contribution in [3.05, 3.63) is 35.2 Å². The van der Waals surface area contributed by atoms with E-state index in [2.05, 4.69) is 16.4 Å². The maximum absolute atomic E-state index is 11.7. The van der Waals surface area contributed by atoms with Gasteiger partial charge >= 0.3 is 0 Å². The van der Waals surface area contributed by atoms with Crippen LogP contribution in [0.2, 0.25) is 0 Å². The predicted molar refractivity (Wildman–Crippen MR) is 59.6 cm³/mol. The van der Waals surface area contributed by atoms with Gasteiger partial charge in [-0.15, -0.1) is 0 Å². The van der Waals surface area contributed by atoms with Crippen LogP contribution in [0.4, 0.5) is 0 Å². The average molecular weight is 202 g/mol. The second-order valence-electron chi connectivity index (χ2n) is 3.53. The van der Waals surface area contributed by atoms with Gasteiger partial charge in [0.05, 0.1) is 0 Å². The standard InChI is InChI=1S/C12H14N2O/c1-2-13-12(15)11-10-6-4-3-5-9(10)7-8-14-11/h4,6-8H,2-3,5H2,1H3,(H,13,15). The number of aromatic nitrogens is 1.